The van der Waals surface area contributed by atoms with Crippen LogP contribution in [0.15, 0.2) is 6.07 Å². The highest BCUT2D eigenvalue weighted by Gasteiger charge is 2.19. The van der Waals surface area contributed by atoms with Gasteiger partial charge >= 0.3 is 0 Å². The van der Waals surface area contributed by atoms with Crippen LogP contribution < -0.4 is 15.2 Å². The van der Waals surface area contributed by atoms with Crippen LogP contribution in [0.4, 0.5) is 0 Å². The molecule has 0 saturated heterocycles. The summed E-state index contributed by atoms with van der Waals surface area (Å²) in [7, 11) is 0. The third kappa shape index (κ3) is 2.11. The molecule has 88 valence electrons. The van der Waals surface area contributed by atoms with Gasteiger partial charge in [0.05, 0.1) is 5.02 Å². The summed E-state index contributed by atoms with van der Waals surface area (Å²) in [6.07, 6.45) is 0.746. The molecule has 0 amide bonds. The van der Waals surface area contributed by atoms with E-state index in [0.717, 1.165) is 34.1 Å². The first-order valence-corrected chi connectivity index (χ1v) is 5.80. The molecule has 2 N–H and O–H groups in total. The average molecular weight is 242 g/mol. The molecule has 3 nitrogen and oxygen atoms in total. The molecule has 1 aliphatic rings. The molecule has 1 heterocycles. The summed E-state index contributed by atoms with van der Waals surface area (Å²) in [5, 5.41) is 0.738. The van der Waals surface area contributed by atoms with Crippen LogP contribution in [0.5, 0.6) is 11.5 Å². The van der Waals surface area contributed by atoms with Crippen molar-refractivity contribution in [2.24, 2.45) is 5.73 Å². The Morgan fingerprint density at radius 3 is 2.81 bits per heavy atom. The summed E-state index contributed by atoms with van der Waals surface area (Å²) in [6, 6.07) is 2.02. The number of fused-ring (bicyclic) bond motifs is 1. The lowest BCUT2D eigenvalue weighted by molar-refractivity contribution is 0.170. The van der Waals surface area contributed by atoms with Gasteiger partial charge in [-0.05, 0) is 31.9 Å². The molecule has 0 spiro atoms. The largest absolute Gasteiger partial charge is 0.486 e. The van der Waals surface area contributed by atoms with Crippen molar-refractivity contribution in [3.05, 3.63) is 22.2 Å². The van der Waals surface area contributed by atoms with Crippen LogP contribution >= 0.6 is 11.6 Å². The number of halogens is 1. The van der Waals surface area contributed by atoms with Crippen molar-refractivity contribution in [2.75, 3.05) is 13.2 Å². The predicted molar refractivity (Wildman–Crippen MR) is 64.5 cm³/mol. The number of nitrogens with two attached hydrogens (primary N) is 1. The monoisotopic (exact) mass is 241 g/mol. The van der Waals surface area contributed by atoms with Crippen molar-refractivity contribution in [2.45, 2.75) is 26.3 Å². The van der Waals surface area contributed by atoms with Gasteiger partial charge in [-0.2, -0.15) is 0 Å². The first-order valence-electron chi connectivity index (χ1n) is 5.42. The minimum atomic E-state index is 0.0828. The molecule has 1 aliphatic heterocycles. The summed E-state index contributed by atoms with van der Waals surface area (Å²) in [5.74, 6) is 1.55. The number of benzene rings is 1. The van der Waals surface area contributed by atoms with E-state index in [4.69, 9.17) is 26.8 Å². The molecule has 4 heteroatoms. The first kappa shape index (κ1) is 11.6. The maximum atomic E-state index is 6.28. The SMILES string of the molecule is Cc1c(Cl)c(CC(C)N)cc2c1OCCO2. The molecule has 1 atom stereocenters. The van der Waals surface area contributed by atoms with Crippen LogP contribution in [0.3, 0.4) is 0 Å². The molecule has 1 aromatic rings. The van der Waals surface area contributed by atoms with Crippen LogP contribution in [0.1, 0.15) is 18.1 Å². The Morgan fingerprint density at radius 2 is 2.12 bits per heavy atom. The second kappa shape index (κ2) is 4.52. The second-order valence-electron chi connectivity index (χ2n) is 4.18. The second-order valence-corrected chi connectivity index (χ2v) is 4.56. The lowest BCUT2D eigenvalue weighted by Gasteiger charge is -2.22. The number of hydrogen-bond acceptors (Lipinski definition) is 3. The van der Waals surface area contributed by atoms with Crippen molar-refractivity contribution in [1.29, 1.82) is 0 Å². The van der Waals surface area contributed by atoms with E-state index in [1.54, 1.807) is 0 Å². The van der Waals surface area contributed by atoms with Crippen LogP contribution in [0, 0.1) is 6.92 Å². The van der Waals surface area contributed by atoms with Gasteiger partial charge in [-0.15, -0.1) is 0 Å². The van der Waals surface area contributed by atoms with Gasteiger partial charge in [0, 0.05) is 11.6 Å². The number of rotatable bonds is 2. The summed E-state index contributed by atoms with van der Waals surface area (Å²) in [4.78, 5) is 0. The van der Waals surface area contributed by atoms with E-state index in [1.165, 1.54) is 0 Å². The Bertz CT molecular complexity index is 404. The Morgan fingerprint density at radius 1 is 1.44 bits per heavy atom. The van der Waals surface area contributed by atoms with Crippen molar-refractivity contribution >= 4 is 11.6 Å². The van der Waals surface area contributed by atoms with Gasteiger partial charge in [0.15, 0.2) is 11.5 Å². The van der Waals surface area contributed by atoms with E-state index in [-0.39, 0.29) is 6.04 Å². The fraction of sp³-hybridized carbons (Fsp3) is 0.500. The summed E-state index contributed by atoms with van der Waals surface area (Å²) in [6.45, 7) is 5.07. The minimum Gasteiger partial charge on any atom is -0.486 e. The predicted octanol–water partition coefficient (Wildman–Crippen LogP) is 2.31. The Labute approximate surface area is 100 Å². The topological polar surface area (TPSA) is 44.5 Å². The molecular weight excluding hydrogens is 226 g/mol. The quantitative estimate of drug-likeness (QED) is 0.864. The molecule has 1 unspecified atom stereocenters. The van der Waals surface area contributed by atoms with E-state index in [2.05, 4.69) is 0 Å². The molecule has 16 heavy (non-hydrogen) atoms. The van der Waals surface area contributed by atoms with Crippen LogP contribution in [-0.4, -0.2) is 19.3 Å². The smallest absolute Gasteiger partial charge is 0.165 e. The molecule has 0 aliphatic carbocycles. The Hall–Kier alpha value is -0.930. The van der Waals surface area contributed by atoms with E-state index in [0.29, 0.717) is 13.2 Å². The number of ether oxygens (including phenoxy) is 2. The van der Waals surface area contributed by atoms with Crippen molar-refractivity contribution in [1.82, 2.24) is 0 Å². The molecule has 0 fully saturated rings. The van der Waals surface area contributed by atoms with Gasteiger partial charge in [-0.25, -0.2) is 0 Å². The molecule has 1 aromatic carbocycles. The normalized spacial score (nSPS) is 16.0. The maximum Gasteiger partial charge on any atom is 0.165 e. The van der Waals surface area contributed by atoms with E-state index in [1.807, 2.05) is 19.9 Å². The van der Waals surface area contributed by atoms with E-state index < -0.39 is 0 Å². The summed E-state index contributed by atoms with van der Waals surface area (Å²) >= 11 is 6.28. The van der Waals surface area contributed by atoms with Gasteiger partial charge in [-0.1, -0.05) is 11.6 Å². The molecule has 0 bridgehead atoms. The summed E-state index contributed by atoms with van der Waals surface area (Å²) in [5.41, 5.74) is 7.75. The minimum absolute atomic E-state index is 0.0828. The highest BCUT2D eigenvalue weighted by atomic mass is 35.5. The van der Waals surface area contributed by atoms with Gasteiger partial charge in [-0.3, -0.25) is 0 Å². The summed E-state index contributed by atoms with van der Waals surface area (Å²) < 4.78 is 11.1. The highest BCUT2D eigenvalue weighted by molar-refractivity contribution is 6.32. The third-order valence-electron chi connectivity index (χ3n) is 2.61. The lowest BCUT2D eigenvalue weighted by atomic mass is 10.0. The zero-order chi connectivity index (χ0) is 11.7. The van der Waals surface area contributed by atoms with Gasteiger partial charge in [0.2, 0.25) is 0 Å². The molecule has 2 rings (SSSR count). The average Bonchev–Trinajstić information content (AvgIpc) is 2.25. The fourth-order valence-corrected chi connectivity index (χ4v) is 2.11. The third-order valence-corrected chi connectivity index (χ3v) is 3.14. The van der Waals surface area contributed by atoms with E-state index in [9.17, 15) is 0 Å². The fourth-order valence-electron chi connectivity index (χ4n) is 1.89. The maximum absolute atomic E-state index is 6.28. The van der Waals surface area contributed by atoms with Crippen LogP contribution in [0.25, 0.3) is 0 Å². The van der Waals surface area contributed by atoms with E-state index >= 15 is 0 Å². The standard InChI is InChI=1S/C12H16ClNO2/c1-7(14)5-9-6-10-12(8(2)11(9)13)16-4-3-15-10/h6-7H,3-5,14H2,1-2H3. The van der Waals surface area contributed by atoms with Crippen LogP contribution in [0.2, 0.25) is 5.02 Å². The molecular formula is C12H16ClNO2. The first-order chi connectivity index (χ1) is 7.59. The van der Waals surface area contributed by atoms with Crippen LogP contribution in [-0.2, 0) is 6.42 Å². The van der Waals surface area contributed by atoms with Crippen molar-refractivity contribution in [3.8, 4) is 11.5 Å². The van der Waals surface area contributed by atoms with Crippen molar-refractivity contribution in [3.63, 3.8) is 0 Å². The molecule has 0 radical (unpaired) electrons. The van der Waals surface area contributed by atoms with Gasteiger partial charge in [0.1, 0.15) is 13.2 Å². The van der Waals surface area contributed by atoms with Gasteiger partial charge in [0.25, 0.3) is 0 Å². The van der Waals surface area contributed by atoms with Gasteiger partial charge < -0.3 is 15.2 Å². The zero-order valence-electron chi connectivity index (χ0n) is 9.55. The zero-order valence-corrected chi connectivity index (χ0v) is 10.3. The Kier molecular flexibility index (Phi) is 3.26. The highest BCUT2D eigenvalue weighted by Crippen LogP contribution is 2.40. The number of hydrogen-bond donors (Lipinski definition) is 1. The lowest BCUT2D eigenvalue weighted by Crippen LogP contribution is -2.20. The molecule has 0 aromatic heterocycles. The van der Waals surface area contributed by atoms with Crippen molar-refractivity contribution < 1.29 is 9.47 Å². The Balaban J connectivity index is 2.44. The molecule has 0 saturated carbocycles.